The molecule has 0 fully saturated rings. The average molecular weight is 249 g/mol. The smallest absolute Gasteiger partial charge is 0.311 e. The van der Waals surface area contributed by atoms with Crippen molar-refractivity contribution in [1.82, 2.24) is 0 Å². The van der Waals surface area contributed by atoms with Crippen LogP contribution in [0.15, 0.2) is 24.3 Å². The van der Waals surface area contributed by atoms with Gasteiger partial charge in [-0.25, -0.2) is 0 Å². The number of carboxylic acids is 1. The highest BCUT2D eigenvalue weighted by molar-refractivity contribution is 5.80. The van der Waals surface area contributed by atoms with Gasteiger partial charge in [-0.05, 0) is 25.0 Å². The average Bonchev–Trinajstić information content (AvgIpc) is 2.37. The van der Waals surface area contributed by atoms with Crippen LogP contribution in [0.5, 0.6) is 0 Å². The lowest BCUT2D eigenvalue weighted by Crippen LogP contribution is -2.41. The van der Waals surface area contributed by atoms with Gasteiger partial charge in [0.2, 0.25) is 0 Å². The minimum atomic E-state index is -0.735. The summed E-state index contributed by atoms with van der Waals surface area (Å²) in [6.07, 6.45) is 0.653. The van der Waals surface area contributed by atoms with Crippen molar-refractivity contribution in [2.75, 3.05) is 25.2 Å². The molecule has 0 aliphatic carbocycles. The molecule has 0 saturated heterocycles. The number of methoxy groups -OCH3 is 1. The van der Waals surface area contributed by atoms with E-state index < -0.39 is 5.97 Å². The van der Waals surface area contributed by atoms with Crippen LogP contribution in [-0.4, -0.2) is 37.4 Å². The quantitative estimate of drug-likeness (QED) is 0.887. The minimum Gasteiger partial charge on any atom is -0.481 e. The normalized spacial score (nSPS) is 20.3. The van der Waals surface area contributed by atoms with Gasteiger partial charge < -0.3 is 14.7 Å². The topological polar surface area (TPSA) is 49.8 Å². The van der Waals surface area contributed by atoms with Crippen LogP contribution in [-0.2, 0) is 9.53 Å². The highest BCUT2D eigenvalue weighted by Gasteiger charge is 2.31. The summed E-state index contributed by atoms with van der Waals surface area (Å²) < 4.78 is 5.19. The number of hydrogen-bond acceptors (Lipinski definition) is 3. The number of benzene rings is 1. The fourth-order valence-electron chi connectivity index (χ4n) is 2.63. The fraction of sp³-hybridized carbons (Fsp3) is 0.500. The maximum atomic E-state index is 11.3. The first kappa shape index (κ1) is 12.9. The van der Waals surface area contributed by atoms with E-state index >= 15 is 0 Å². The molecule has 0 aromatic heterocycles. The molecule has 1 aromatic carbocycles. The van der Waals surface area contributed by atoms with Crippen LogP contribution in [0.4, 0.5) is 5.69 Å². The lowest BCUT2D eigenvalue weighted by atomic mass is 9.89. The van der Waals surface area contributed by atoms with Crippen molar-refractivity contribution in [3.05, 3.63) is 29.8 Å². The van der Waals surface area contributed by atoms with Crippen molar-refractivity contribution in [2.24, 2.45) is 0 Å². The number of carbonyl (C=O) groups is 1. The van der Waals surface area contributed by atoms with E-state index in [1.54, 1.807) is 7.11 Å². The Hall–Kier alpha value is -1.55. The zero-order valence-electron chi connectivity index (χ0n) is 10.8. The fourth-order valence-corrected chi connectivity index (χ4v) is 2.63. The van der Waals surface area contributed by atoms with Crippen LogP contribution in [0.1, 0.15) is 24.8 Å². The number of carboxylic acid groups (broad SMARTS) is 1. The summed E-state index contributed by atoms with van der Waals surface area (Å²) >= 11 is 0. The van der Waals surface area contributed by atoms with Crippen LogP contribution >= 0.6 is 0 Å². The number of rotatable bonds is 4. The summed E-state index contributed by atoms with van der Waals surface area (Å²) in [5.74, 6) is -1.12. The number of aliphatic carboxylic acids is 1. The zero-order valence-corrected chi connectivity index (χ0v) is 10.8. The van der Waals surface area contributed by atoms with Crippen molar-refractivity contribution in [2.45, 2.75) is 25.3 Å². The summed E-state index contributed by atoms with van der Waals surface area (Å²) in [7, 11) is 1.69. The third-order valence-electron chi connectivity index (χ3n) is 3.52. The molecule has 2 atom stereocenters. The summed E-state index contributed by atoms with van der Waals surface area (Å²) in [5, 5.41) is 9.27. The van der Waals surface area contributed by atoms with E-state index in [0.29, 0.717) is 13.0 Å². The second kappa shape index (κ2) is 5.40. The van der Waals surface area contributed by atoms with Gasteiger partial charge in [-0.15, -0.1) is 0 Å². The molecule has 4 nitrogen and oxygen atoms in total. The Morgan fingerprint density at radius 3 is 2.94 bits per heavy atom. The van der Waals surface area contributed by atoms with Crippen molar-refractivity contribution in [1.29, 1.82) is 0 Å². The van der Waals surface area contributed by atoms with E-state index in [2.05, 4.69) is 11.8 Å². The molecule has 0 radical (unpaired) electrons. The summed E-state index contributed by atoms with van der Waals surface area (Å²) in [4.78, 5) is 13.5. The molecule has 0 bridgehead atoms. The Kier molecular flexibility index (Phi) is 3.87. The van der Waals surface area contributed by atoms with E-state index in [-0.39, 0.29) is 12.0 Å². The Morgan fingerprint density at radius 1 is 1.56 bits per heavy atom. The van der Waals surface area contributed by atoms with E-state index in [1.807, 2.05) is 24.3 Å². The molecular formula is C14H19NO3. The highest BCUT2D eigenvalue weighted by Crippen LogP contribution is 2.36. The van der Waals surface area contributed by atoms with Crippen LogP contribution in [0.2, 0.25) is 0 Å². The molecule has 18 heavy (non-hydrogen) atoms. The number of nitrogens with zero attached hydrogens (tertiary/aromatic N) is 1. The molecule has 1 N–H and O–H groups in total. The molecule has 1 heterocycles. The Balaban J connectivity index is 2.33. The maximum Gasteiger partial charge on any atom is 0.311 e. The lowest BCUT2D eigenvalue weighted by molar-refractivity contribution is -0.139. The van der Waals surface area contributed by atoms with Gasteiger partial charge >= 0.3 is 5.97 Å². The molecule has 0 spiro atoms. The van der Waals surface area contributed by atoms with Crippen molar-refractivity contribution >= 4 is 11.7 Å². The van der Waals surface area contributed by atoms with Gasteiger partial charge in [-0.1, -0.05) is 18.2 Å². The molecule has 2 rings (SSSR count). The number of para-hydroxylation sites is 1. The first-order valence-electron chi connectivity index (χ1n) is 6.22. The van der Waals surface area contributed by atoms with E-state index in [1.165, 1.54) is 0 Å². The molecule has 1 aliphatic rings. The van der Waals surface area contributed by atoms with Gasteiger partial charge in [0.05, 0.1) is 12.5 Å². The largest absolute Gasteiger partial charge is 0.481 e. The number of anilines is 1. The third-order valence-corrected chi connectivity index (χ3v) is 3.52. The molecule has 0 amide bonds. The summed E-state index contributed by atoms with van der Waals surface area (Å²) in [6.45, 7) is 3.51. The Bertz CT molecular complexity index is 433. The van der Waals surface area contributed by atoms with Gasteiger partial charge in [0.15, 0.2) is 0 Å². The van der Waals surface area contributed by atoms with E-state index in [9.17, 15) is 9.90 Å². The summed E-state index contributed by atoms with van der Waals surface area (Å²) in [5.41, 5.74) is 1.94. The first-order chi connectivity index (χ1) is 8.65. The molecule has 1 aromatic rings. The standard InChI is InChI=1S/C14H19NO3/c1-10(9-18-2)15-8-7-12(14(16)17)11-5-3-4-6-13(11)15/h3-6,10,12H,7-9H2,1-2H3,(H,16,17). The number of ether oxygens (including phenoxy) is 1. The summed E-state index contributed by atoms with van der Waals surface area (Å²) in [6, 6.07) is 8.02. The van der Waals surface area contributed by atoms with Gasteiger partial charge in [0, 0.05) is 25.4 Å². The van der Waals surface area contributed by atoms with Crippen molar-refractivity contribution in [3.63, 3.8) is 0 Å². The van der Waals surface area contributed by atoms with E-state index in [0.717, 1.165) is 17.8 Å². The Morgan fingerprint density at radius 2 is 2.28 bits per heavy atom. The molecule has 4 heteroatoms. The molecule has 1 aliphatic heterocycles. The first-order valence-corrected chi connectivity index (χ1v) is 6.22. The van der Waals surface area contributed by atoms with Gasteiger partial charge in [0.25, 0.3) is 0 Å². The van der Waals surface area contributed by atoms with Crippen LogP contribution < -0.4 is 4.90 Å². The van der Waals surface area contributed by atoms with Crippen molar-refractivity contribution < 1.29 is 14.6 Å². The van der Waals surface area contributed by atoms with Gasteiger partial charge in [-0.2, -0.15) is 0 Å². The number of hydrogen-bond donors (Lipinski definition) is 1. The van der Waals surface area contributed by atoms with Crippen molar-refractivity contribution in [3.8, 4) is 0 Å². The predicted octanol–water partition coefficient (Wildman–Crippen LogP) is 2.10. The Labute approximate surface area is 107 Å². The highest BCUT2D eigenvalue weighted by atomic mass is 16.5. The second-order valence-electron chi connectivity index (χ2n) is 4.74. The van der Waals surface area contributed by atoms with E-state index in [4.69, 9.17) is 4.74 Å². The van der Waals surface area contributed by atoms with Crippen LogP contribution in [0, 0.1) is 0 Å². The minimum absolute atomic E-state index is 0.255. The lowest BCUT2D eigenvalue weighted by Gasteiger charge is -2.38. The monoisotopic (exact) mass is 249 g/mol. The molecule has 98 valence electrons. The third kappa shape index (κ3) is 2.34. The van der Waals surface area contributed by atoms with Gasteiger partial charge in [0.1, 0.15) is 0 Å². The zero-order chi connectivity index (χ0) is 13.1. The van der Waals surface area contributed by atoms with Gasteiger partial charge in [-0.3, -0.25) is 4.79 Å². The molecular weight excluding hydrogens is 230 g/mol. The van der Waals surface area contributed by atoms with Crippen LogP contribution in [0.3, 0.4) is 0 Å². The predicted molar refractivity (Wildman–Crippen MR) is 70.1 cm³/mol. The van der Waals surface area contributed by atoms with Crippen LogP contribution in [0.25, 0.3) is 0 Å². The molecule has 0 saturated carbocycles. The second-order valence-corrected chi connectivity index (χ2v) is 4.74. The SMILES string of the molecule is COCC(C)N1CCC(C(=O)O)c2ccccc21. The molecule has 2 unspecified atom stereocenters. The number of fused-ring (bicyclic) bond motifs is 1. The maximum absolute atomic E-state index is 11.3.